The van der Waals surface area contributed by atoms with Gasteiger partial charge in [0.2, 0.25) is 0 Å². The molecule has 150 valence electrons. The molecule has 0 heterocycles. The second-order valence-corrected chi connectivity index (χ2v) is 7.41. The topological polar surface area (TPSA) is 49.8 Å². The van der Waals surface area contributed by atoms with Crippen LogP contribution in [0.15, 0.2) is 72.8 Å². The van der Waals surface area contributed by atoms with Crippen molar-refractivity contribution in [2.45, 2.75) is 6.42 Å². The molecule has 0 saturated heterocycles. The van der Waals surface area contributed by atoms with Crippen LogP contribution in [-0.4, -0.2) is 42.7 Å². The predicted octanol–water partition coefficient (Wildman–Crippen LogP) is 4.99. The molecule has 0 aliphatic carbocycles. The number of likely N-dealkylation sites (N-methyl/N-ethyl adjacent to an activating group) is 1. The van der Waals surface area contributed by atoms with E-state index in [1.54, 1.807) is 11.9 Å². The summed E-state index contributed by atoms with van der Waals surface area (Å²) in [5, 5.41) is 9.58. The van der Waals surface area contributed by atoms with Crippen molar-refractivity contribution in [2.75, 3.05) is 26.7 Å². The fourth-order valence-corrected chi connectivity index (χ4v) is 3.37. The number of hydrogen-bond acceptors (Lipinski definition) is 3. The average molecular weight is 410 g/mol. The molecule has 3 aromatic rings. The maximum absolute atomic E-state index is 10.8. The van der Waals surface area contributed by atoms with E-state index in [2.05, 4.69) is 18.2 Å². The Morgan fingerprint density at radius 3 is 2.52 bits per heavy atom. The highest BCUT2D eigenvalue weighted by Gasteiger charge is 2.10. The van der Waals surface area contributed by atoms with E-state index >= 15 is 0 Å². The average Bonchev–Trinajstić information content (AvgIpc) is 2.69. The minimum Gasteiger partial charge on any atom is -0.492 e. The molecule has 0 aliphatic rings. The van der Waals surface area contributed by atoms with Crippen molar-refractivity contribution in [1.82, 2.24) is 4.90 Å². The lowest BCUT2D eigenvalue weighted by atomic mass is 9.98. The number of ether oxygens (including phenoxy) is 1. The van der Waals surface area contributed by atoms with E-state index in [4.69, 9.17) is 21.4 Å². The van der Waals surface area contributed by atoms with Gasteiger partial charge in [0.1, 0.15) is 12.4 Å². The first-order valence-corrected chi connectivity index (χ1v) is 9.85. The van der Waals surface area contributed by atoms with Crippen molar-refractivity contribution in [2.24, 2.45) is 0 Å². The minimum absolute atomic E-state index is 0.00826. The van der Waals surface area contributed by atoms with Gasteiger partial charge in [-0.25, -0.2) is 0 Å². The zero-order valence-electron chi connectivity index (χ0n) is 16.3. The molecule has 3 rings (SSSR count). The molecule has 0 aliphatic heterocycles. The fourth-order valence-electron chi connectivity index (χ4n) is 3.16. The van der Waals surface area contributed by atoms with Crippen LogP contribution < -0.4 is 4.74 Å². The normalized spacial score (nSPS) is 10.9. The molecule has 0 spiro atoms. The summed E-state index contributed by atoms with van der Waals surface area (Å²) in [6.45, 7) is 0.937. The summed E-state index contributed by atoms with van der Waals surface area (Å²) in [7, 11) is 1.77. The zero-order chi connectivity index (χ0) is 20.6. The van der Waals surface area contributed by atoms with Crippen molar-refractivity contribution >= 4 is 17.6 Å². The molecular formula is C24H24ClNO3. The lowest BCUT2D eigenvalue weighted by Gasteiger charge is -2.17. The second-order valence-electron chi connectivity index (χ2n) is 6.98. The first kappa shape index (κ1) is 20.9. The standard InChI is InChI=1S/C24H24ClNO3/c1-26(17-24(27)28)12-13-29-23-11-10-20(19-7-3-2-4-8-19)16-21(23)14-18-6-5-9-22(25)15-18/h2-11,15-16H,12-14,17H2,1H3,(H,27,28). The van der Waals surface area contributed by atoms with E-state index < -0.39 is 5.97 Å². The summed E-state index contributed by atoms with van der Waals surface area (Å²) < 4.78 is 6.02. The molecule has 0 unspecified atom stereocenters. The third-order valence-electron chi connectivity index (χ3n) is 4.59. The van der Waals surface area contributed by atoms with Gasteiger partial charge in [0.05, 0.1) is 6.54 Å². The third-order valence-corrected chi connectivity index (χ3v) is 4.82. The van der Waals surface area contributed by atoms with Crippen LogP contribution >= 0.6 is 11.6 Å². The van der Waals surface area contributed by atoms with Crippen LogP contribution in [0.1, 0.15) is 11.1 Å². The van der Waals surface area contributed by atoms with E-state index in [1.165, 1.54) is 0 Å². The van der Waals surface area contributed by atoms with Crippen molar-refractivity contribution < 1.29 is 14.6 Å². The number of carboxylic acids is 1. The SMILES string of the molecule is CN(CCOc1ccc(-c2ccccc2)cc1Cc1cccc(Cl)c1)CC(=O)O. The molecule has 0 fully saturated rings. The van der Waals surface area contributed by atoms with Crippen molar-refractivity contribution in [3.8, 4) is 16.9 Å². The molecule has 5 heteroatoms. The van der Waals surface area contributed by atoms with Crippen molar-refractivity contribution in [3.05, 3.63) is 88.9 Å². The highest BCUT2D eigenvalue weighted by molar-refractivity contribution is 6.30. The van der Waals surface area contributed by atoms with E-state index in [0.29, 0.717) is 24.6 Å². The minimum atomic E-state index is -0.846. The quantitative estimate of drug-likeness (QED) is 0.540. The van der Waals surface area contributed by atoms with Crippen LogP contribution in [0.25, 0.3) is 11.1 Å². The highest BCUT2D eigenvalue weighted by Crippen LogP contribution is 2.29. The van der Waals surface area contributed by atoms with Gasteiger partial charge in [-0.05, 0) is 53.6 Å². The largest absolute Gasteiger partial charge is 0.492 e. The molecule has 1 N–H and O–H groups in total. The van der Waals surface area contributed by atoms with Gasteiger partial charge in [0.25, 0.3) is 0 Å². The predicted molar refractivity (Wildman–Crippen MR) is 117 cm³/mol. The van der Waals surface area contributed by atoms with Gasteiger partial charge < -0.3 is 9.84 Å². The van der Waals surface area contributed by atoms with Gasteiger partial charge in [0, 0.05) is 18.0 Å². The van der Waals surface area contributed by atoms with Crippen molar-refractivity contribution in [1.29, 1.82) is 0 Å². The molecule has 3 aromatic carbocycles. The second kappa shape index (κ2) is 10.1. The first-order valence-electron chi connectivity index (χ1n) is 9.47. The summed E-state index contributed by atoms with van der Waals surface area (Å²) in [6.07, 6.45) is 0.696. The summed E-state index contributed by atoms with van der Waals surface area (Å²) in [5.41, 5.74) is 4.44. The van der Waals surface area contributed by atoms with E-state index in [1.807, 2.05) is 54.6 Å². The Morgan fingerprint density at radius 1 is 1.00 bits per heavy atom. The molecule has 0 bridgehead atoms. The first-order chi connectivity index (χ1) is 14.0. The van der Waals surface area contributed by atoms with Crippen LogP contribution in [0.2, 0.25) is 5.02 Å². The van der Waals surface area contributed by atoms with Crippen LogP contribution in [0.3, 0.4) is 0 Å². The number of halogens is 1. The number of carbonyl (C=O) groups is 1. The Labute approximate surface area is 176 Å². The van der Waals surface area contributed by atoms with Crippen LogP contribution in [0, 0.1) is 0 Å². The summed E-state index contributed by atoms with van der Waals surface area (Å²) in [5.74, 6) is -0.0465. The maximum atomic E-state index is 10.8. The van der Waals surface area contributed by atoms with Gasteiger partial charge in [-0.2, -0.15) is 0 Å². The molecular weight excluding hydrogens is 386 g/mol. The Kier molecular flexibility index (Phi) is 7.28. The summed E-state index contributed by atoms with van der Waals surface area (Å²) in [4.78, 5) is 12.5. The zero-order valence-corrected chi connectivity index (χ0v) is 17.1. The van der Waals surface area contributed by atoms with Crippen LogP contribution in [0.4, 0.5) is 0 Å². The number of aliphatic carboxylic acids is 1. The number of benzene rings is 3. The molecule has 0 radical (unpaired) electrons. The Bertz CT molecular complexity index is 959. The van der Waals surface area contributed by atoms with E-state index in [-0.39, 0.29) is 6.54 Å². The summed E-state index contributed by atoms with van der Waals surface area (Å²) >= 11 is 6.15. The maximum Gasteiger partial charge on any atom is 0.317 e. The van der Waals surface area contributed by atoms with Crippen molar-refractivity contribution in [3.63, 3.8) is 0 Å². The smallest absolute Gasteiger partial charge is 0.317 e. The lowest BCUT2D eigenvalue weighted by Crippen LogP contribution is -2.29. The molecule has 29 heavy (non-hydrogen) atoms. The monoisotopic (exact) mass is 409 g/mol. The Hall–Kier alpha value is -2.82. The van der Waals surface area contributed by atoms with E-state index in [9.17, 15) is 4.79 Å². The van der Waals surface area contributed by atoms with E-state index in [0.717, 1.165) is 28.0 Å². The lowest BCUT2D eigenvalue weighted by molar-refractivity contribution is -0.138. The Morgan fingerprint density at radius 2 is 1.79 bits per heavy atom. The molecule has 0 aromatic heterocycles. The van der Waals surface area contributed by atoms with Crippen LogP contribution in [0.5, 0.6) is 5.75 Å². The Balaban J connectivity index is 1.81. The molecule has 4 nitrogen and oxygen atoms in total. The summed E-state index contributed by atoms with van der Waals surface area (Å²) in [6, 6.07) is 24.2. The fraction of sp³-hybridized carbons (Fsp3) is 0.208. The van der Waals surface area contributed by atoms with Gasteiger partial charge in [-0.3, -0.25) is 9.69 Å². The number of hydrogen-bond donors (Lipinski definition) is 1. The number of rotatable bonds is 9. The molecule has 0 saturated carbocycles. The molecule has 0 atom stereocenters. The number of carboxylic acid groups (broad SMARTS) is 1. The van der Waals surface area contributed by atoms with Crippen LogP contribution in [-0.2, 0) is 11.2 Å². The van der Waals surface area contributed by atoms with Gasteiger partial charge in [0.15, 0.2) is 0 Å². The van der Waals surface area contributed by atoms with Gasteiger partial charge in [-0.15, -0.1) is 0 Å². The third kappa shape index (κ3) is 6.34. The highest BCUT2D eigenvalue weighted by atomic mass is 35.5. The van der Waals surface area contributed by atoms with Gasteiger partial charge >= 0.3 is 5.97 Å². The number of nitrogens with zero attached hydrogens (tertiary/aromatic N) is 1. The van der Waals surface area contributed by atoms with Gasteiger partial charge in [-0.1, -0.05) is 60.1 Å². The molecule has 0 amide bonds.